The molecular formula is C13H26N2O6. The molecule has 2 unspecified atom stereocenters. The lowest BCUT2D eigenvalue weighted by Crippen LogP contribution is -2.46. The molecule has 21 heavy (non-hydrogen) atoms. The van der Waals surface area contributed by atoms with Gasteiger partial charge in [0.25, 0.3) is 0 Å². The van der Waals surface area contributed by atoms with Gasteiger partial charge >= 0.3 is 0 Å². The molecule has 0 bridgehead atoms. The largest absolute Gasteiger partial charge is 0.396 e. The van der Waals surface area contributed by atoms with E-state index in [1.54, 1.807) is 13.8 Å². The van der Waals surface area contributed by atoms with Crippen molar-refractivity contribution in [1.82, 2.24) is 5.32 Å². The lowest BCUT2D eigenvalue weighted by Gasteiger charge is -2.27. The highest BCUT2D eigenvalue weighted by atomic mass is 16.5. The van der Waals surface area contributed by atoms with Gasteiger partial charge in [-0.3, -0.25) is 9.59 Å². The van der Waals surface area contributed by atoms with Crippen LogP contribution in [0.15, 0.2) is 0 Å². The molecule has 0 aliphatic heterocycles. The minimum absolute atomic E-state index is 0.00974. The van der Waals surface area contributed by atoms with Crippen LogP contribution < -0.4 is 11.1 Å². The summed E-state index contributed by atoms with van der Waals surface area (Å²) in [5, 5.41) is 30.6. The van der Waals surface area contributed by atoms with E-state index < -0.39 is 29.3 Å². The molecule has 2 atom stereocenters. The zero-order valence-corrected chi connectivity index (χ0v) is 12.5. The van der Waals surface area contributed by atoms with E-state index in [2.05, 4.69) is 5.32 Å². The zero-order valence-electron chi connectivity index (χ0n) is 12.5. The Kier molecular flexibility index (Phi) is 9.31. The van der Waals surface area contributed by atoms with Crippen molar-refractivity contribution in [3.63, 3.8) is 0 Å². The summed E-state index contributed by atoms with van der Waals surface area (Å²) in [6.07, 6.45) is -2.71. The number of Topliss-reactive ketones (excluding diaryl/α,β-unsaturated/α-hetero) is 1. The van der Waals surface area contributed by atoms with Crippen LogP contribution in [-0.2, 0) is 14.3 Å². The van der Waals surface area contributed by atoms with E-state index in [1.807, 2.05) is 0 Å². The molecule has 8 nitrogen and oxygen atoms in total. The van der Waals surface area contributed by atoms with Crippen molar-refractivity contribution in [1.29, 1.82) is 0 Å². The van der Waals surface area contributed by atoms with E-state index in [0.29, 0.717) is 6.54 Å². The van der Waals surface area contributed by atoms with Gasteiger partial charge in [0.05, 0.1) is 19.8 Å². The molecule has 124 valence electrons. The lowest BCUT2D eigenvalue weighted by molar-refractivity contribution is -0.137. The summed E-state index contributed by atoms with van der Waals surface area (Å²) in [5.74, 6) is -1.14. The molecule has 0 aromatic carbocycles. The molecule has 0 saturated heterocycles. The quantitative estimate of drug-likeness (QED) is 0.272. The van der Waals surface area contributed by atoms with Gasteiger partial charge in [-0.05, 0) is 0 Å². The van der Waals surface area contributed by atoms with Crippen LogP contribution in [0.4, 0.5) is 0 Å². The first-order chi connectivity index (χ1) is 9.76. The van der Waals surface area contributed by atoms with Crippen LogP contribution in [0.5, 0.6) is 0 Å². The van der Waals surface area contributed by atoms with E-state index in [-0.39, 0.29) is 32.8 Å². The summed E-state index contributed by atoms with van der Waals surface area (Å²) >= 11 is 0. The van der Waals surface area contributed by atoms with Gasteiger partial charge in [0.15, 0.2) is 5.78 Å². The van der Waals surface area contributed by atoms with E-state index in [1.165, 1.54) is 0 Å². The molecule has 0 aromatic rings. The Hall–Kier alpha value is -1.06. The second-order valence-corrected chi connectivity index (χ2v) is 5.44. The molecule has 0 radical (unpaired) electrons. The van der Waals surface area contributed by atoms with Crippen molar-refractivity contribution < 1.29 is 29.6 Å². The standard InChI is InChI=1S/C13H26N2O6/c1-13(2,8-16)11(19)12(20)15-5-3-9(17)10(18)7-21-6-4-14/h10-11,16,18-19H,3-8,14H2,1-2H3,(H,15,20). The number of rotatable bonds is 11. The predicted octanol–water partition coefficient (Wildman–Crippen LogP) is -2.22. The van der Waals surface area contributed by atoms with Crippen LogP contribution in [0.2, 0.25) is 0 Å². The average Bonchev–Trinajstić information content (AvgIpc) is 2.46. The Morgan fingerprint density at radius 3 is 2.48 bits per heavy atom. The summed E-state index contributed by atoms with van der Waals surface area (Å²) in [5.41, 5.74) is 4.23. The third-order valence-corrected chi connectivity index (χ3v) is 2.98. The van der Waals surface area contributed by atoms with Crippen molar-refractivity contribution in [2.45, 2.75) is 32.5 Å². The minimum Gasteiger partial charge on any atom is -0.396 e. The van der Waals surface area contributed by atoms with Gasteiger partial charge in [0, 0.05) is 24.9 Å². The number of aliphatic hydroxyl groups is 3. The highest BCUT2D eigenvalue weighted by Gasteiger charge is 2.32. The molecular weight excluding hydrogens is 280 g/mol. The minimum atomic E-state index is -1.38. The molecule has 0 rings (SSSR count). The summed E-state index contributed by atoms with van der Waals surface area (Å²) in [7, 11) is 0. The van der Waals surface area contributed by atoms with E-state index in [4.69, 9.17) is 15.6 Å². The smallest absolute Gasteiger partial charge is 0.249 e. The Bertz CT molecular complexity index is 335. The molecule has 0 aliphatic rings. The third kappa shape index (κ3) is 7.49. The first-order valence-electron chi connectivity index (χ1n) is 6.81. The maximum atomic E-state index is 11.6. The number of carbonyl (C=O) groups excluding carboxylic acids is 2. The van der Waals surface area contributed by atoms with Gasteiger partial charge < -0.3 is 31.1 Å². The Labute approximate surface area is 124 Å². The third-order valence-electron chi connectivity index (χ3n) is 2.98. The average molecular weight is 306 g/mol. The molecule has 0 saturated carbocycles. The van der Waals surface area contributed by atoms with Crippen molar-refractivity contribution in [2.24, 2.45) is 11.1 Å². The fraction of sp³-hybridized carbons (Fsp3) is 0.846. The molecule has 0 spiro atoms. The van der Waals surface area contributed by atoms with Crippen LogP contribution >= 0.6 is 0 Å². The molecule has 6 N–H and O–H groups in total. The summed E-state index contributed by atoms with van der Waals surface area (Å²) in [6, 6.07) is 0. The number of hydrogen-bond donors (Lipinski definition) is 5. The summed E-state index contributed by atoms with van der Waals surface area (Å²) < 4.78 is 4.94. The van der Waals surface area contributed by atoms with Crippen molar-refractivity contribution in [3.05, 3.63) is 0 Å². The van der Waals surface area contributed by atoms with Gasteiger partial charge in [-0.15, -0.1) is 0 Å². The van der Waals surface area contributed by atoms with Crippen molar-refractivity contribution in [2.75, 3.05) is 32.9 Å². The fourth-order valence-corrected chi connectivity index (χ4v) is 1.38. The lowest BCUT2D eigenvalue weighted by atomic mass is 9.87. The number of amides is 1. The van der Waals surface area contributed by atoms with Crippen LogP contribution in [0.1, 0.15) is 20.3 Å². The molecule has 1 amide bonds. The second kappa shape index (κ2) is 9.80. The normalized spacial score (nSPS) is 14.6. The SMILES string of the molecule is CC(C)(CO)C(O)C(=O)NCCC(=O)C(O)COCCN. The first-order valence-corrected chi connectivity index (χ1v) is 6.81. The summed E-state index contributed by atoms with van der Waals surface area (Å²) in [6.45, 7) is 3.15. The summed E-state index contributed by atoms with van der Waals surface area (Å²) in [4.78, 5) is 23.2. The van der Waals surface area contributed by atoms with Crippen LogP contribution in [0.3, 0.4) is 0 Å². The Balaban J connectivity index is 4.02. The van der Waals surface area contributed by atoms with Crippen LogP contribution in [0, 0.1) is 5.41 Å². The molecule has 0 aromatic heterocycles. The van der Waals surface area contributed by atoms with Crippen molar-refractivity contribution in [3.8, 4) is 0 Å². The molecule has 0 heterocycles. The van der Waals surface area contributed by atoms with Gasteiger partial charge in [-0.1, -0.05) is 13.8 Å². The maximum Gasteiger partial charge on any atom is 0.249 e. The number of ketones is 1. The van der Waals surface area contributed by atoms with Gasteiger partial charge in [0.1, 0.15) is 12.2 Å². The number of nitrogens with two attached hydrogens (primary N) is 1. The highest BCUT2D eigenvalue weighted by Crippen LogP contribution is 2.19. The van der Waals surface area contributed by atoms with E-state index >= 15 is 0 Å². The number of aliphatic hydroxyl groups excluding tert-OH is 3. The van der Waals surface area contributed by atoms with E-state index in [0.717, 1.165) is 0 Å². The van der Waals surface area contributed by atoms with Crippen molar-refractivity contribution >= 4 is 11.7 Å². The van der Waals surface area contributed by atoms with Crippen LogP contribution in [0.25, 0.3) is 0 Å². The topological polar surface area (TPSA) is 142 Å². The second-order valence-electron chi connectivity index (χ2n) is 5.44. The highest BCUT2D eigenvalue weighted by molar-refractivity contribution is 5.85. The number of carbonyl (C=O) groups is 2. The Morgan fingerprint density at radius 1 is 1.33 bits per heavy atom. The number of ether oxygens (including phenoxy) is 1. The molecule has 0 aliphatic carbocycles. The van der Waals surface area contributed by atoms with Gasteiger partial charge in [-0.2, -0.15) is 0 Å². The molecule has 0 fully saturated rings. The number of nitrogens with one attached hydrogen (secondary N) is 1. The predicted molar refractivity (Wildman–Crippen MR) is 75.4 cm³/mol. The monoisotopic (exact) mass is 306 g/mol. The Morgan fingerprint density at radius 2 is 1.95 bits per heavy atom. The van der Waals surface area contributed by atoms with Crippen LogP contribution in [-0.4, -0.2) is 72.1 Å². The molecule has 8 heteroatoms. The van der Waals surface area contributed by atoms with E-state index in [9.17, 15) is 19.8 Å². The van der Waals surface area contributed by atoms with Gasteiger partial charge in [0.2, 0.25) is 5.91 Å². The number of hydrogen-bond acceptors (Lipinski definition) is 7. The van der Waals surface area contributed by atoms with Gasteiger partial charge in [-0.25, -0.2) is 0 Å². The first kappa shape index (κ1) is 19.9. The maximum absolute atomic E-state index is 11.6. The zero-order chi connectivity index (χ0) is 16.5. The fourth-order valence-electron chi connectivity index (χ4n) is 1.38.